The number of rotatable bonds is 7. The van der Waals surface area contributed by atoms with Gasteiger partial charge in [0.25, 0.3) is 5.89 Å². The fraction of sp³-hybridized carbons (Fsp3) is 0.333. The number of aryl methyl sites for hydroxylation is 1. The summed E-state index contributed by atoms with van der Waals surface area (Å²) in [6, 6.07) is 14.2. The zero-order valence-electron chi connectivity index (χ0n) is 16.9. The Kier molecular flexibility index (Phi) is 9.04. The van der Waals surface area contributed by atoms with Gasteiger partial charge in [0.1, 0.15) is 5.69 Å². The highest BCUT2D eigenvalue weighted by Gasteiger charge is 2.10. The first-order valence-electron chi connectivity index (χ1n) is 9.41. The van der Waals surface area contributed by atoms with Crippen LogP contribution in [-0.2, 0) is 6.42 Å². The molecular formula is C21H27IN6O. The Morgan fingerprint density at radius 2 is 1.93 bits per heavy atom. The number of halogens is 1. The largest absolute Gasteiger partial charge is 0.356 e. The van der Waals surface area contributed by atoms with Gasteiger partial charge in [-0.1, -0.05) is 48.0 Å². The molecule has 1 unspecified atom stereocenters. The van der Waals surface area contributed by atoms with E-state index in [1.54, 1.807) is 13.2 Å². The summed E-state index contributed by atoms with van der Waals surface area (Å²) in [5, 5.41) is 10.7. The molecule has 2 aromatic heterocycles. The molecule has 0 spiro atoms. The minimum Gasteiger partial charge on any atom is -0.356 e. The predicted octanol–water partition coefficient (Wildman–Crippen LogP) is 3.57. The number of aliphatic imine (C=N–C) groups is 1. The fourth-order valence-electron chi connectivity index (χ4n) is 2.72. The average Bonchev–Trinajstić information content (AvgIpc) is 3.20. The van der Waals surface area contributed by atoms with Crippen LogP contribution in [0.1, 0.15) is 29.8 Å². The van der Waals surface area contributed by atoms with Crippen molar-refractivity contribution in [2.24, 2.45) is 4.99 Å². The van der Waals surface area contributed by atoms with Crippen molar-refractivity contribution in [3.05, 3.63) is 65.6 Å². The van der Waals surface area contributed by atoms with Crippen molar-refractivity contribution in [3.63, 3.8) is 0 Å². The van der Waals surface area contributed by atoms with Gasteiger partial charge in [0.15, 0.2) is 11.8 Å². The molecule has 1 atom stereocenters. The molecule has 0 fully saturated rings. The molecule has 3 aromatic rings. The molecule has 8 heteroatoms. The van der Waals surface area contributed by atoms with Crippen molar-refractivity contribution < 1.29 is 4.52 Å². The zero-order chi connectivity index (χ0) is 19.8. The lowest BCUT2D eigenvalue weighted by atomic mass is 10.0. The Morgan fingerprint density at radius 1 is 1.14 bits per heavy atom. The van der Waals surface area contributed by atoms with Crippen molar-refractivity contribution in [2.75, 3.05) is 20.1 Å². The Balaban J connectivity index is 0.00000300. The van der Waals surface area contributed by atoms with E-state index >= 15 is 0 Å². The maximum Gasteiger partial charge on any atom is 0.276 e. The van der Waals surface area contributed by atoms with E-state index in [0.29, 0.717) is 36.3 Å². The number of hydrogen-bond donors (Lipinski definition) is 2. The van der Waals surface area contributed by atoms with Crippen LogP contribution in [0, 0.1) is 6.92 Å². The first kappa shape index (κ1) is 22.8. The van der Waals surface area contributed by atoms with Gasteiger partial charge in [-0.15, -0.1) is 24.0 Å². The summed E-state index contributed by atoms with van der Waals surface area (Å²) in [6.07, 6.45) is 2.33. The third-order valence-corrected chi connectivity index (χ3v) is 4.44. The molecule has 0 amide bonds. The van der Waals surface area contributed by atoms with Gasteiger partial charge in [-0.05, 0) is 30.5 Å². The molecule has 2 N–H and O–H groups in total. The van der Waals surface area contributed by atoms with Crippen LogP contribution in [0.2, 0.25) is 0 Å². The van der Waals surface area contributed by atoms with Crippen LogP contribution in [0.5, 0.6) is 0 Å². The van der Waals surface area contributed by atoms with E-state index in [-0.39, 0.29) is 24.0 Å². The SMILES string of the molecule is CN=C(NCCc1noc(-c2ccccn2)n1)NCC(C)c1ccc(C)cc1.I. The van der Waals surface area contributed by atoms with Gasteiger partial charge >= 0.3 is 0 Å². The van der Waals surface area contributed by atoms with E-state index in [2.05, 4.69) is 68.9 Å². The highest BCUT2D eigenvalue weighted by molar-refractivity contribution is 14.0. The Labute approximate surface area is 188 Å². The zero-order valence-corrected chi connectivity index (χ0v) is 19.3. The quantitative estimate of drug-likeness (QED) is 0.290. The molecule has 0 saturated heterocycles. The first-order valence-corrected chi connectivity index (χ1v) is 9.41. The standard InChI is InChI=1S/C21H26N6O.HI/c1-15-7-9-17(10-8-15)16(2)14-25-21(22-3)24-13-11-19-26-20(28-27-19)18-6-4-5-12-23-18;/h4-10,12,16H,11,13-14H2,1-3H3,(H2,22,24,25);1H. The second kappa shape index (κ2) is 11.5. The molecule has 7 nitrogen and oxygen atoms in total. The smallest absolute Gasteiger partial charge is 0.276 e. The number of aromatic nitrogens is 3. The molecule has 0 saturated carbocycles. The van der Waals surface area contributed by atoms with Crippen LogP contribution in [0.3, 0.4) is 0 Å². The van der Waals surface area contributed by atoms with Gasteiger partial charge in [0, 0.05) is 32.8 Å². The van der Waals surface area contributed by atoms with Crippen molar-refractivity contribution in [3.8, 4) is 11.6 Å². The lowest BCUT2D eigenvalue weighted by molar-refractivity contribution is 0.421. The summed E-state index contributed by atoms with van der Waals surface area (Å²) >= 11 is 0. The van der Waals surface area contributed by atoms with Gasteiger partial charge < -0.3 is 15.2 Å². The number of guanidine groups is 1. The summed E-state index contributed by atoms with van der Waals surface area (Å²) in [6.45, 7) is 5.75. The fourth-order valence-corrected chi connectivity index (χ4v) is 2.72. The van der Waals surface area contributed by atoms with Crippen LogP contribution in [0.15, 0.2) is 58.2 Å². The van der Waals surface area contributed by atoms with E-state index in [1.807, 2.05) is 18.2 Å². The summed E-state index contributed by atoms with van der Waals surface area (Å²) in [7, 11) is 1.76. The topological polar surface area (TPSA) is 88.2 Å². The first-order chi connectivity index (χ1) is 13.7. The molecule has 2 heterocycles. The molecule has 0 aliphatic heterocycles. The van der Waals surface area contributed by atoms with Crippen molar-refractivity contribution in [1.29, 1.82) is 0 Å². The number of nitrogens with zero attached hydrogens (tertiary/aromatic N) is 4. The maximum atomic E-state index is 5.27. The van der Waals surface area contributed by atoms with Crippen LogP contribution < -0.4 is 10.6 Å². The molecule has 3 rings (SSSR count). The van der Waals surface area contributed by atoms with Gasteiger partial charge in [-0.25, -0.2) is 0 Å². The Hall–Kier alpha value is -2.49. The van der Waals surface area contributed by atoms with Crippen LogP contribution in [-0.4, -0.2) is 41.2 Å². The Morgan fingerprint density at radius 3 is 2.62 bits per heavy atom. The number of pyridine rings is 1. The minimum atomic E-state index is 0. The molecule has 0 aliphatic rings. The second-order valence-corrected chi connectivity index (χ2v) is 6.67. The van der Waals surface area contributed by atoms with Crippen molar-refractivity contribution >= 4 is 29.9 Å². The minimum absolute atomic E-state index is 0. The van der Waals surface area contributed by atoms with E-state index < -0.39 is 0 Å². The van der Waals surface area contributed by atoms with Crippen molar-refractivity contribution in [2.45, 2.75) is 26.2 Å². The summed E-state index contributed by atoms with van der Waals surface area (Å²) in [4.78, 5) is 12.9. The number of nitrogens with one attached hydrogen (secondary N) is 2. The second-order valence-electron chi connectivity index (χ2n) is 6.67. The lowest BCUT2D eigenvalue weighted by Gasteiger charge is -2.16. The lowest BCUT2D eigenvalue weighted by Crippen LogP contribution is -2.40. The van der Waals surface area contributed by atoms with Crippen LogP contribution >= 0.6 is 24.0 Å². The van der Waals surface area contributed by atoms with E-state index in [4.69, 9.17) is 4.52 Å². The molecule has 154 valence electrons. The highest BCUT2D eigenvalue weighted by Crippen LogP contribution is 2.15. The summed E-state index contributed by atoms with van der Waals surface area (Å²) in [5.74, 6) is 2.21. The molecule has 0 aliphatic carbocycles. The summed E-state index contributed by atoms with van der Waals surface area (Å²) < 4.78 is 5.27. The molecule has 1 aromatic carbocycles. The van der Waals surface area contributed by atoms with Gasteiger partial charge in [0.2, 0.25) is 0 Å². The molecule has 0 bridgehead atoms. The van der Waals surface area contributed by atoms with E-state index in [9.17, 15) is 0 Å². The van der Waals surface area contributed by atoms with Crippen LogP contribution in [0.25, 0.3) is 11.6 Å². The van der Waals surface area contributed by atoms with Crippen LogP contribution in [0.4, 0.5) is 0 Å². The monoisotopic (exact) mass is 506 g/mol. The van der Waals surface area contributed by atoms with E-state index in [0.717, 1.165) is 12.5 Å². The van der Waals surface area contributed by atoms with Gasteiger partial charge in [0.05, 0.1) is 0 Å². The molecule has 29 heavy (non-hydrogen) atoms. The third kappa shape index (κ3) is 6.81. The van der Waals surface area contributed by atoms with Gasteiger partial charge in [-0.3, -0.25) is 9.98 Å². The predicted molar refractivity (Wildman–Crippen MR) is 126 cm³/mol. The molecule has 0 radical (unpaired) electrons. The summed E-state index contributed by atoms with van der Waals surface area (Å²) in [5.41, 5.74) is 3.26. The average molecular weight is 506 g/mol. The number of benzene rings is 1. The third-order valence-electron chi connectivity index (χ3n) is 4.44. The maximum absolute atomic E-state index is 5.27. The van der Waals surface area contributed by atoms with E-state index in [1.165, 1.54) is 11.1 Å². The Bertz CT molecular complexity index is 895. The highest BCUT2D eigenvalue weighted by atomic mass is 127. The number of hydrogen-bond acceptors (Lipinski definition) is 5. The van der Waals surface area contributed by atoms with Crippen molar-refractivity contribution in [1.82, 2.24) is 25.8 Å². The molecular weight excluding hydrogens is 479 g/mol. The normalized spacial score (nSPS) is 12.2. The van der Waals surface area contributed by atoms with Gasteiger partial charge in [-0.2, -0.15) is 4.98 Å².